The van der Waals surface area contributed by atoms with Crippen LogP contribution in [0.4, 0.5) is 0 Å². The van der Waals surface area contributed by atoms with E-state index in [1.54, 1.807) is 11.3 Å². The van der Waals surface area contributed by atoms with Gasteiger partial charge in [-0.2, -0.15) is 11.3 Å². The minimum Gasteiger partial charge on any atom is -0.378 e. The molecule has 1 N–H and O–H groups in total. The summed E-state index contributed by atoms with van der Waals surface area (Å²) in [4.78, 5) is 0. The maximum atomic E-state index is 5.35. The normalized spacial score (nSPS) is 25.3. The van der Waals surface area contributed by atoms with Crippen LogP contribution >= 0.6 is 11.3 Å². The van der Waals surface area contributed by atoms with Gasteiger partial charge in [-0.25, -0.2) is 0 Å². The lowest BCUT2D eigenvalue weighted by Crippen LogP contribution is -2.34. The summed E-state index contributed by atoms with van der Waals surface area (Å²) in [5.74, 6) is 0. The Bertz CT molecular complexity index is 204. The SMILES string of the molecule is c1cc(C2COCCN2)cs1. The molecule has 2 nitrogen and oxygen atoms in total. The van der Waals surface area contributed by atoms with Crippen molar-refractivity contribution in [3.05, 3.63) is 22.4 Å². The molecule has 3 heteroatoms. The molecule has 1 unspecified atom stereocenters. The van der Waals surface area contributed by atoms with Crippen LogP contribution in [0.25, 0.3) is 0 Å². The van der Waals surface area contributed by atoms with Crippen molar-refractivity contribution in [2.75, 3.05) is 19.8 Å². The summed E-state index contributed by atoms with van der Waals surface area (Å²) in [6, 6.07) is 2.58. The summed E-state index contributed by atoms with van der Waals surface area (Å²) in [5, 5.41) is 7.68. The van der Waals surface area contributed by atoms with Gasteiger partial charge < -0.3 is 10.1 Å². The number of hydrogen-bond acceptors (Lipinski definition) is 3. The third kappa shape index (κ3) is 1.61. The molecule has 1 atom stereocenters. The number of nitrogens with one attached hydrogen (secondary N) is 1. The van der Waals surface area contributed by atoms with Crippen molar-refractivity contribution in [2.45, 2.75) is 6.04 Å². The quantitative estimate of drug-likeness (QED) is 0.686. The first-order valence-corrected chi connectivity index (χ1v) is 4.74. The second kappa shape index (κ2) is 3.34. The van der Waals surface area contributed by atoms with Gasteiger partial charge >= 0.3 is 0 Å². The van der Waals surface area contributed by atoms with Gasteiger partial charge in [0.25, 0.3) is 0 Å². The van der Waals surface area contributed by atoms with Crippen LogP contribution in [-0.2, 0) is 4.74 Å². The van der Waals surface area contributed by atoms with Gasteiger partial charge in [0.1, 0.15) is 0 Å². The molecule has 0 radical (unpaired) electrons. The molecule has 1 saturated heterocycles. The highest BCUT2D eigenvalue weighted by Crippen LogP contribution is 2.17. The van der Waals surface area contributed by atoms with Gasteiger partial charge in [-0.3, -0.25) is 0 Å². The summed E-state index contributed by atoms with van der Waals surface area (Å²) in [6.07, 6.45) is 0. The Morgan fingerprint density at radius 2 is 2.64 bits per heavy atom. The average molecular weight is 169 g/mol. The Kier molecular flexibility index (Phi) is 2.21. The van der Waals surface area contributed by atoms with Crippen LogP contribution in [0.15, 0.2) is 16.8 Å². The molecule has 60 valence electrons. The number of hydrogen-bond donors (Lipinski definition) is 1. The minimum absolute atomic E-state index is 0.426. The predicted molar refractivity (Wildman–Crippen MR) is 45.9 cm³/mol. The molecule has 11 heavy (non-hydrogen) atoms. The first kappa shape index (κ1) is 7.28. The second-order valence-corrected chi connectivity index (χ2v) is 3.42. The molecule has 0 spiro atoms. The molecule has 1 fully saturated rings. The maximum Gasteiger partial charge on any atom is 0.0662 e. The van der Waals surface area contributed by atoms with Crippen molar-refractivity contribution in [1.29, 1.82) is 0 Å². The highest BCUT2D eigenvalue weighted by Gasteiger charge is 2.14. The van der Waals surface area contributed by atoms with Gasteiger partial charge in [0.2, 0.25) is 0 Å². The van der Waals surface area contributed by atoms with E-state index in [4.69, 9.17) is 4.74 Å². The number of ether oxygens (including phenoxy) is 1. The molecule has 0 bridgehead atoms. The zero-order valence-corrected chi connectivity index (χ0v) is 7.06. The fourth-order valence-electron chi connectivity index (χ4n) is 1.25. The number of thiophene rings is 1. The fraction of sp³-hybridized carbons (Fsp3) is 0.500. The van der Waals surface area contributed by atoms with E-state index < -0.39 is 0 Å². The van der Waals surface area contributed by atoms with E-state index >= 15 is 0 Å². The second-order valence-electron chi connectivity index (χ2n) is 2.64. The van der Waals surface area contributed by atoms with E-state index in [0.29, 0.717) is 6.04 Å². The van der Waals surface area contributed by atoms with Crippen LogP contribution in [-0.4, -0.2) is 19.8 Å². The third-order valence-corrected chi connectivity index (χ3v) is 2.57. The summed E-state index contributed by atoms with van der Waals surface area (Å²) in [6.45, 7) is 2.64. The highest BCUT2D eigenvalue weighted by molar-refractivity contribution is 7.07. The molecule has 0 saturated carbocycles. The van der Waals surface area contributed by atoms with Gasteiger partial charge in [0.05, 0.1) is 19.3 Å². The predicted octanol–water partition coefficient (Wildman–Crippen LogP) is 1.41. The average Bonchev–Trinajstić information content (AvgIpc) is 2.58. The van der Waals surface area contributed by atoms with Crippen LogP contribution in [0.3, 0.4) is 0 Å². The fourth-order valence-corrected chi connectivity index (χ4v) is 1.97. The molecule has 0 amide bonds. The highest BCUT2D eigenvalue weighted by atomic mass is 32.1. The van der Waals surface area contributed by atoms with Crippen LogP contribution in [0.2, 0.25) is 0 Å². The first-order chi connectivity index (χ1) is 5.47. The molecule has 2 heterocycles. The van der Waals surface area contributed by atoms with Crippen LogP contribution in [0.5, 0.6) is 0 Å². The van der Waals surface area contributed by atoms with Crippen LogP contribution in [0, 0.1) is 0 Å². The summed E-state index contributed by atoms with van der Waals surface area (Å²) < 4.78 is 5.35. The van der Waals surface area contributed by atoms with Crippen molar-refractivity contribution < 1.29 is 4.74 Å². The van der Waals surface area contributed by atoms with E-state index in [1.807, 2.05) is 0 Å². The van der Waals surface area contributed by atoms with Crippen molar-refractivity contribution in [2.24, 2.45) is 0 Å². The first-order valence-electron chi connectivity index (χ1n) is 3.80. The monoisotopic (exact) mass is 169 g/mol. The van der Waals surface area contributed by atoms with E-state index in [9.17, 15) is 0 Å². The zero-order chi connectivity index (χ0) is 7.52. The van der Waals surface area contributed by atoms with Gasteiger partial charge in [0, 0.05) is 6.54 Å². The van der Waals surface area contributed by atoms with Crippen LogP contribution in [0.1, 0.15) is 11.6 Å². The van der Waals surface area contributed by atoms with E-state index in [1.165, 1.54) is 5.56 Å². The van der Waals surface area contributed by atoms with Crippen molar-refractivity contribution in [3.8, 4) is 0 Å². The Labute approximate surface area is 70.2 Å². The van der Waals surface area contributed by atoms with E-state index in [-0.39, 0.29) is 0 Å². The summed E-state index contributed by atoms with van der Waals surface area (Å²) in [7, 11) is 0. The molecular formula is C8H11NOS. The molecule has 1 aliphatic rings. The molecular weight excluding hydrogens is 158 g/mol. The van der Waals surface area contributed by atoms with Gasteiger partial charge in [-0.15, -0.1) is 0 Å². The summed E-state index contributed by atoms with van der Waals surface area (Å²) >= 11 is 1.74. The van der Waals surface area contributed by atoms with Crippen molar-refractivity contribution >= 4 is 11.3 Å². The van der Waals surface area contributed by atoms with Gasteiger partial charge in [-0.1, -0.05) is 0 Å². The topological polar surface area (TPSA) is 21.3 Å². The third-order valence-electron chi connectivity index (χ3n) is 1.87. The zero-order valence-electron chi connectivity index (χ0n) is 6.25. The Balaban J connectivity index is 2.04. The number of morpholine rings is 1. The van der Waals surface area contributed by atoms with E-state index in [0.717, 1.165) is 19.8 Å². The smallest absolute Gasteiger partial charge is 0.0662 e. The van der Waals surface area contributed by atoms with Crippen LogP contribution < -0.4 is 5.32 Å². The molecule has 1 aromatic rings. The van der Waals surface area contributed by atoms with E-state index in [2.05, 4.69) is 22.1 Å². The molecule has 0 aromatic carbocycles. The minimum atomic E-state index is 0.426. The lowest BCUT2D eigenvalue weighted by molar-refractivity contribution is 0.0770. The Morgan fingerprint density at radius 1 is 1.64 bits per heavy atom. The standard InChI is InChI=1S/C8H11NOS/c1-4-11-6-7(1)8-5-10-3-2-9-8/h1,4,6,8-9H,2-3,5H2. The lowest BCUT2D eigenvalue weighted by Gasteiger charge is -2.22. The van der Waals surface area contributed by atoms with Crippen molar-refractivity contribution in [3.63, 3.8) is 0 Å². The maximum absolute atomic E-state index is 5.35. The molecule has 1 aliphatic heterocycles. The molecule has 0 aliphatic carbocycles. The largest absolute Gasteiger partial charge is 0.378 e. The Hall–Kier alpha value is -0.380. The lowest BCUT2D eigenvalue weighted by atomic mass is 10.1. The molecule has 1 aromatic heterocycles. The van der Waals surface area contributed by atoms with Gasteiger partial charge in [0.15, 0.2) is 0 Å². The summed E-state index contributed by atoms with van der Waals surface area (Å²) in [5.41, 5.74) is 1.36. The van der Waals surface area contributed by atoms with Gasteiger partial charge in [-0.05, 0) is 22.4 Å². The number of rotatable bonds is 1. The molecule has 2 rings (SSSR count). The Morgan fingerprint density at radius 3 is 3.27 bits per heavy atom. The van der Waals surface area contributed by atoms with Crippen molar-refractivity contribution in [1.82, 2.24) is 5.32 Å².